The first-order valence-electron chi connectivity index (χ1n) is 8.32. The zero-order chi connectivity index (χ0) is 15.0. The molecular weight excluding hydrogens is 250 g/mol. The maximum atomic E-state index is 12.1. The van der Waals surface area contributed by atoms with Crippen LogP contribution in [0.1, 0.15) is 52.9 Å². The molecule has 1 fully saturated rings. The van der Waals surface area contributed by atoms with Crippen molar-refractivity contribution in [3.8, 4) is 0 Å². The van der Waals surface area contributed by atoms with Crippen molar-refractivity contribution in [1.29, 1.82) is 0 Å². The van der Waals surface area contributed by atoms with E-state index in [0.29, 0.717) is 12.3 Å². The first kappa shape index (κ1) is 17.4. The minimum absolute atomic E-state index is 0.211. The molecular formula is C16H33N3O. The predicted molar refractivity (Wildman–Crippen MR) is 84.6 cm³/mol. The van der Waals surface area contributed by atoms with Gasteiger partial charge in [0.25, 0.3) is 0 Å². The summed E-state index contributed by atoms with van der Waals surface area (Å²) in [4.78, 5) is 16.6. The Morgan fingerprint density at radius 3 is 2.40 bits per heavy atom. The second kappa shape index (κ2) is 9.35. The van der Waals surface area contributed by atoms with Gasteiger partial charge in [-0.25, -0.2) is 0 Å². The number of carbonyl (C=O) groups is 1. The van der Waals surface area contributed by atoms with Crippen molar-refractivity contribution >= 4 is 5.91 Å². The quantitative estimate of drug-likeness (QED) is 0.742. The molecule has 0 aromatic heterocycles. The van der Waals surface area contributed by atoms with Crippen LogP contribution in [0.3, 0.4) is 0 Å². The van der Waals surface area contributed by atoms with Gasteiger partial charge in [-0.2, -0.15) is 0 Å². The van der Waals surface area contributed by atoms with Gasteiger partial charge in [-0.05, 0) is 51.6 Å². The molecule has 0 bridgehead atoms. The summed E-state index contributed by atoms with van der Waals surface area (Å²) in [6.07, 6.45) is 4.87. The number of hydrogen-bond acceptors (Lipinski definition) is 3. The summed E-state index contributed by atoms with van der Waals surface area (Å²) in [5, 5.41) is 0. The molecule has 1 unspecified atom stereocenters. The fraction of sp³-hybridized carbons (Fsp3) is 0.938. The summed E-state index contributed by atoms with van der Waals surface area (Å²) in [5.41, 5.74) is 5.72. The van der Waals surface area contributed by atoms with E-state index in [-0.39, 0.29) is 6.04 Å². The Morgan fingerprint density at radius 1 is 1.30 bits per heavy atom. The van der Waals surface area contributed by atoms with E-state index in [1.165, 1.54) is 6.54 Å². The van der Waals surface area contributed by atoms with Crippen LogP contribution in [0.4, 0.5) is 0 Å². The van der Waals surface area contributed by atoms with Crippen LogP contribution in [0.2, 0.25) is 0 Å². The molecule has 4 heteroatoms. The molecule has 20 heavy (non-hydrogen) atoms. The van der Waals surface area contributed by atoms with Crippen LogP contribution in [0.25, 0.3) is 0 Å². The third-order valence-electron chi connectivity index (χ3n) is 4.43. The summed E-state index contributed by atoms with van der Waals surface area (Å²) < 4.78 is 0. The van der Waals surface area contributed by atoms with Crippen LogP contribution in [0.15, 0.2) is 0 Å². The highest BCUT2D eigenvalue weighted by Gasteiger charge is 2.23. The molecule has 0 radical (unpaired) electrons. The fourth-order valence-corrected chi connectivity index (χ4v) is 2.95. The van der Waals surface area contributed by atoms with Crippen LogP contribution < -0.4 is 5.73 Å². The summed E-state index contributed by atoms with van der Waals surface area (Å²) in [5.74, 6) is 1.09. The molecule has 118 valence electrons. The smallest absolute Gasteiger partial charge is 0.222 e. The lowest BCUT2D eigenvalue weighted by molar-refractivity contribution is -0.132. The molecule has 2 N–H and O–H groups in total. The monoisotopic (exact) mass is 283 g/mol. The molecule has 1 aliphatic rings. The van der Waals surface area contributed by atoms with Crippen LogP contribution in [0.5, 0.6) is 0 Å². The van der Waals surface area contributed by atoms with Crippen molar-refractivity contribution in [2.75, 3.05) is 32.7 Å². The summed E-state index contributed by atoms with van der Waals surface area (Å²) in [6, 6.07) is 0.211. The second-order valence-electron chi connectivity index (χ2n) is 6.18. The standard InChI is InChI=1S/C16H33N3O/c1-4-18(5-2)13-15-9-11-19(12-10-15)16(20)8-6-7-14(3)17/h14-15H,4-13,17H2,1-3H3. The van der Waals surface area contributed by atoms with Gasteiger partial charge in [-0.15, -0.1) is 0 Å². The molecule has 0 spiro atoms. The molecule has 1 heterocycles. The van der Waals surface area contributed by atoms with E-state index in [0.717, 1.165) is 57.8 Å². The largest absolute Gasteiger partial charge is 0.343 e. The molecule has 0 saturated carbocycles. The number of nitrogens with two attached hydrogens (primary N) is 1. The highest BCUT2D eigenvalue weighted by atomic mass is 16.2. The first-order valence-corrected chi connectivity index (χ1v) is 8.32. The van der Waals surface area contributed by atoms with Crippen molar-refractivity contribution in [3.63, 3.8) is 0 Å². The molecule has 1 rings (SSSR count). The van der Waals surface area contributed by atoms with Gasteiger partial charge in [-0.3, -0.25) is 4.79 Å². The molecule has 0 aliphatic carbocycles. The van der Waals surface area contributed by atoms with E-state index in [4.69, 9.17) is 5.73 Å². The highest BCUT2D eigenvalue weighted by Crippen LogP contribution is 2.19. The van der Waals surface area contributed by atoms with Crippen LogP contribution in [-0.2, 0) is 4.79 Å². The van der Waals surface area contributed by atoms with Gasteiger partial charge >= 0.3 is 0 Å². The molecule has 0 aromatic rings. The average molecular weight is 283 g/mol. The zero-order valence-electron chi connectivity index (χ0n) is 13.6. The van der Waals surface area contributed by atoms with Crippen molar-refractivity contribution in [2.24, 2.45) is 11.7 Å². The van der Waals surface area contributed by atoms with Gasteiger partial charge in [-0.1, -0.05) is 13.8 Å². The number of hydrogen-bond donors (Lipinski definition) is 1. The number of amides is 1. The van der Waals surface area contributed by atoms with Crippen LogP contribution >= 0.6 is 0 Å². The third-order valence-corrected chi connectivity index (χ3v) is 4.43. The molecule has 1 aliphatic heterocycles. The lowest BCUT2D eigenvalue weighted by Gasteiger charge is -2.34. The molecule has 4 nitrogen and oxygen atoms in total. The first-order chi connectivity index (χ1) is 9.56. The van der Waals surface area contributed by atoms with Crippen molar-refractivity contribution < 1.29 is 4.79 Å². The molecule has 1 saturated heterocycles. The SMILES string of the molecule is CCN(CC)CC1CCN(C(=O)CCCC(C)N)CC1. The van der Waals surface area contributed by atoms with Crippen molar-refractivity contribution in [3.05, 3.63) is 0 Å². The summed E-state index contributed by atoms with van der Waals surface area (Å²) in [7, 11) is 0. The molecule has 1 atom stereocenters. The highest BCUT2D eigenvalue weighted by molar-refractivity contribution is 5.76. The summed E-state index contributed by atoms with van der Waals surface area (Å²) >= 11 is 0. The Hall–Kier alpha value is -0.610. The Bertz CT molecular complexity index is 269. The van der Waals surface area contributed by atoms with E-state index < -0.39 is 0 Å². The van der Waals surface area contributed by atoms with Gasteiger partial charge in [0.15, 0.2) is 0 Å². The molecule has 0 aromatic carbocycles. The number of carbonyl (C=O) groups excluding carboxylic acids is 1. The zero-order valence-corrected chi connectivity index (χ0v) is 13.6. The average Bonchev–Trinajstić information content (AvgIpc) is 2.44. The Labute approximate surface area is 124 Å². The van der Waals surface area contributed by atoms with E-state index in [1.54, 1.807) is 0 Å². The normalized spacial score (nSPS) is 18.6. The minimum atomic E-state index is 0.211. The third kappa shape index (κ3) is 6.23. The Morgan fingerprint density at radius 2 is 1.90 bits per heavy atom. The maximum absolute atomic E-state index is 12.1. The predicted octanol–water partition coefficient (Wildman–Crippen LogP) is 2.08. The number of rotatable bonds is 8. The summed E-state index contributed by atoms with van der Waals surface area (Å²) in [6.45, 7) is 11.8. The van der Waals surface area contributed by atoms with E-state index in [2.05, 4.69) is 23.6 Å². The number of piperidine rings is 1. The van der Waals surface area contributed by atoms with Crippen LogP contribution in [0, 0.1) is 5.92 Å². The number of likely N-dealkylation sites (tertiary alicyclic amines) is 1. The van der Waals surface area contributed by atoms with E-state index >= 15 is 0 Å². The van der Waals surface area contributed by atoms with Gasteiger partial charge in [0.2, 0.25) is 5.91 Å². The minimum Gasteiger partial charge on any atom is -0.343 e. The van der Waals surface area contributed by atoms with Crippen molar-refractivity contribution in [1.82, 2.24) is 9.80 Å². The fourth-order valence-electron chi connectivity index (χ4n) is 2.95. The van der Waals surface area contributed by atoms with Crippen LogP contribution in [-0.4, -0.2) is 54.5 Å². The topological polar surface area (TPSA) is 49.6 Å². The van der Waals surface area contributed by atoms with Gasteiger partial charge < -0.3 is 15.5 Å². The Kier molecular flexibility index (Phi) is 8.15. The second-order valence-corrected chi connectivity index (χ2v) is 6.18. The Balaban J connectivity index is 2.22. The van der Waals surface area contributed by atoms with Gasteiger partial charge in [0.1, 0.15) is 0 Å². The van der Waals surface area contributed by atoms with Gasteiger partial charge in [0, 0.05) is 32.1 Å². The van der Waals surface area contributed by atoms with E-state index in [9.17, 15) is 4.79 Å². The lowest BCUT2D eigenvalue weighted by atomic mass is 9.95. The number of nitrogens with zero attached hydrogens (tertiary/aromatic N) is 2. The maximum Gasteiger partial charge on any atom is 0.222 e. The molecule has 1 amide bonds. The van der Waals surface area contributed by atoms with E-state index in [1.807, 2.05) is 6.92 Å². The lowest BCUT2D eigenvalue weighted by Crippen LogP contribution is -2.41. The van der Waals surface area contributed by atoms with Gasteiger partial charge in [0.05, 0.1) is 0 Å². The van der Waals surface area contributed by atoms with Crippen molar-refractivity contribution in [2.45, 2.75) is 58.9 Å².